The Morgan fingerprint density at radius 2 is 2.00 bits per heavy atom. The number of anilines is 1. The lowest BCUT2D eigenvalue weighted by Crippen LogP contribution is -2.08. The predicted octanol–water partition coefficient (Wildman–Crippen LogP) is 4.37. The van der Waals surface area contributed by atoms with E-state index in [0.29, 0.717) is 23.0 Å². The van der Waals surface area contributed by atoms with E-state index in [2.05, 4.69) is 10.3 Å². The van der Waals surface area contributed by atoms with Gasteiger partial charge in [-0.1, -0.05) is 11.6 Å². The summed E-state index contributed by atoms with van der Waals surface area (Å²) in [6.07, 6.45) is -3.30. The minimum atomic E-state index is -4.44. The number of hydrogen-bond acceptors (Lipinski definition) is 3. The van der Waals surface area contributed by atoms with Crippen LogP contribution in [0.15, 0.2) is 36.5 Å². The molecule has 0 saturated heterocycles. The number of hydrogen-bond donors (Lipinski definition) is 1. The maximum absolute atomic E-state index is 12.4. The van der Waals surface area contributed by atoms with Crippen molar-refractivity contribution in [2.24, 2.45) is 0 Å². The molecule has 0 amide bonds. The minimum absolute atomic E-state index is 0.358. The smallest absolute Gasteiger partial charge is 0.433 e. The number of methoxy groups -OCH3 is 1. The van der Waals surface area contributed by atoms with Gasteiger partial charge in [0.25, 0.3) is 0 Å². The van der Waals surface area contributed by atoms with Gasteiger partial charge >= 0.3 is 6.18 Å². The highest BCUT2D eigenvalue weighted by atomic mass is 35.5. The molecule has 1 aromatic carbocycles. The number of halogens is 4. The molecule has 0 bridgehead atoms. The fraction of sp³-hybridized carbons (Fsp3) is 0.214. The van der Waals surface area contributed by atoms with Crippen molar-refractivity contribution >= 4 is 17.3 Å². The third kappa shape index (κ3) is 4.01. The van der Waals surface area contributed by atoms with E-state index >= 15 is 0 Å². The molecule has 0 aliphatic heterocycles. The molecule has 0 unspecified atom stereocenters. The van der Waals surface area contributed by atoms with Crippen molar-refractivity contribution in [3.63, 3.8) is 0 Å². The largest absolute Gasteiger partial charge is 0.496 e. The number of alkyl halides is 3. The number of ether oxygens (including phenoxy) is 1. The second-order valence-corrected chi connectivity index (χ2v) is 4.68. The fourth-order valence-corrected chi connectivity index (χ4v) is 1.94. The lowest BCUT2D eigenvalue weighted by molar-refractivity contribution is -0.141. The second-order valence-electron chi connectivity index (χ2n) is 4.24. The van der Waals surface area contributed by atoms with Crippen LogP contribution >= 0.6 is 11.6 Å². The van der Waals surface area contributed by atoms with Crippen LogP contribution in [0.4, 0.5) is 18.9 Å². The number of pyridine rings is 1. The van der Waals surface area contributed by atoms with Crippen molar-refractivity contribution in [2.75, 3.05) is 12.4 Å². The Morgan fingerprint density at radius 1 is 1.24 bits per heavy atom. The van der Waals surface area contributed by atoms with Crippen molar-refractivity contribution in [1.82, 2.24) is 4.98 Å². The van der Waals surface area contributed by atoms with E-state index in [1.165, 1.54) is 13.2 Å². The van der Waals surface area contributed by atoms with Crippen LogP contribution in [0.1, 0.15) is 11.3 Å². The minimum Gasteiger partial charge on any atom is -0.496 e. The van der Waals surface area contributed by atoms with E-state index in [9.17, 15) is 13.2 Å². The Balaban J connectivity index is 2.08. The number of nitrogens with one attached hydrogen (secondary N) is 1. The van der Waals surface area contributed by atoms with Crippen molar-refractivity contribution in [3.8, 4) is 5.75 Å². The Morgan fingerprint density at radius 3 is 2.57 bits per heavy atom. The lowest BCUT2D eigenvalue weighted by atomic mass is 10.2. The number of nitrogens with zero attached hydrogens (tertiary/aromatic N) is 1. The summed E-state index contributed by atoms with van der Waals surface area (Å²) in [5, 5.41) is 3.53. The molecule has 1 N–H and O–H groups in total. The molecule has 1 aromatic heterocycles. The average molecular weight is 317 g/mol. The molecule has 3 nitrogen and oxygen atoms in total. The summed E-state index contributed by atoms with van der Waals surface area (Å²) < 4.78 is 42.4. The van der Waals surface area contributed by atoms with Crippen LogP contribution < -0.4 is 10.1 Å². The Kier molecular flexibility index (Phi) is 4.57. The number of benzene rings is 1. The van der Waals surface area contributed by atoms with Crippen molar-refractivity contribution < 1.29 is 17.9 Å². The molecule has 112 valence electrons. The Bertz CT molecular complexity index is 615. The van der Waals surface area contributed by atoms with Crippen LogP contribution in [0.3, 0.4) is 0 Å². The van der Waals surface area contributed by atoms with E-state index in [4.69, 9.17) is 16.3 Å². The normalized spacial score (nSPS) is 11.3. The summed E-state index contributed by atoms with van der Waals surface area (Å²) in [7, 11) is 1.53. The summed E-state index contributed by atoms with van der Waals surface area (Å²) in [4.78, 5) is 3.38. The van der Waals surface area contributed by atoms with E-state index in [0.717, 1.165) is 17.8 Å². The van der Waals surface area contributed by atoms with Crippen LogP contribution in [0.25, 0.3) is 0 Å². The predicted molar refractivity (Wildman–Crippen MR) is 74.6 cm³/mol. The van der Waals surface area contributed by atoms with Gasteiger partial charge in [0, 0.05) is 17.1 Å². The Hall–Kier alpha value is -1.95. The van der Waals surface area contributed by atoms with Crippen LogP contribution in [0.5, 0.6) is 5.75 Å². The van der Waals surface area contributed by atoms with Crippen LogP contribution in [0.2, 0.25) is 5.02 Å². The molecule has 0 spiro atoms. The molecule has 21 heavy (non-hydrogen) atoms. The summed E-state index contributed by atoms with van der Waals surface area (Å²) >= 11 is 5.91. The molecule has 1 heterocycles. The maximum atomic E-state index is 12.4. The zero-order chi connectivity index (χ0) is 15.5. The molecule has 7 heteroatoms. The molecule has 0 saturated carbocycles. The second kappa shape index (κ2) is 6.22. The van der Waals surface area contributed by atoms with Gasteiger partial charge in [-0.25, -0.2) is 4.98 Å². The third-order valence-electron chi connectivity index (χ3n) is 2.78. The molecular formula is C14H12ClF3N2O. The van der Waals surface area contributed by atoms with Crippen LogP contribution in [0, 0.1) is 0 Å². The van der Waals surface area contributed by atoms with Crippen molar-refractivity contribution in [2.45, 2.75) is 12.7 Å². The van der Waals surface area contributed by atoms with Gasteiger partial charge in [-0.05, 0) is 30.3 Å². The topological polar surface area (TPSA) is 34.1 Å². The van der Waals surface area contributed by atoms with E-state index in [-0.39, 0.29) is 0 Å². The van der Waals surface area contributed by atoms with Crippen LogP contribution in [-0.2, 0) is 12.7 Å². The molecule has 0 aliphatic carbocycles. The summed E-state index contributed by atoms with van der Waals surface area (Å²) in [6.45, 7) is 0.358. The summed E-state index contributed by atoms with van der Waals surface area (Å²) in [5.41, 5.74) is 0.350. The number of rotatable bonds is 4. The monoisotopic (exact) mass is 316 g/mol. The first-order chi connectivity index (χ1) is 9.90. The van der Waals surface area contributed by atoms with E-state index in [1.807, 2.05) is 0 Å². The highest BCUT2D eigenvalue weighted by Crippen LogP contribution is 2.28. The standard InChI is InChI=1S/C14H12ClF3N2O/c1-21-12-4-2-10(15)6-9(12)7-19-11-3-5-13(20-8-11)14(16,17)18/h2-6,8,19H,7H2,1H3. The van der Waals surface area contributed by atoms with Crippen LogP contribution in [-0.4, -0.2) is 12.1 Å². The molecule has 2 aromatic rings. The first-order valence-corrected chi connectivity index (χ1v) is 6.37. The fourth-order valence-electron chi connectivity index (χ4n) is 1.75. The average Bonchev–Trinajstić information content (AvgIpc) is 2.45. The van der Waals surface area contributed by atoms with Gasteiger partial charge < -0.3 is 10.1 Å². The van der Waals surface area contributed by atoms with Gasteiger partial charge in [-0.3, -0.25) is 0 Å². The van der Waals surface area contributed by atoms with Gasteiger partial charge in [0.1, 0.15) is 11.4 Å². The molecule has 0 radical (unpaired) electrons. The van der Waals surface area contributed by atoms with Crippen molar-refractivity contribution in [3.05, 3.63) is 52.8 Å². The van der Waals surface area contributed by atoms with Gasteiger partial charge in [0.2, 0.25) is 0 Å². The zero-order valence-corrected chi connectivity index (χ0v) is 11.8. The first-order valence-electron chi connectivity index (χ1n) is 5.99. The maximum Gasteiger partial charge on any atom is 0.433 e. The van der Waals surface area contributed by atoms with Gasteiger partial charge in [-0.2, -0.15) is 13.2 Å². The number of aromatic nitrogens is 1. The third-order valence-corrected chi connectivity index (χ3v) is 3.01. The summed E-state index contributed by atoms with van der Waals surface area (Å²) in [6, 6.07) is 7.41. The van der Waals surface area contributed by atoms with E-state index < -0.39 is 11.9 Å². The Labute approximate surface area is 124 Å². The van der Waals surface area contributed by atoms with E-state index in [1.54, 1.807) is 18.2 Å². The SMILES string of the molecule is COc1ccc(Cl)cc1CNc1ccc(C(F)(F)F)nc1. The molecule has 0 aliphatic rings. The van der Waals surface area contributed by atoms with Gasteiger partial charge in [0.05, 0.1) is 19.0 Å². The molecule has 0 fully saturated rings. The lowest BCUT2D eigenvalue weighted by Gasteiger charge is -2.11. The zero-order valence-electron chi connectivity index (χ0n) is 11.0. The van der Waals surface area contributed by atoms with Gasteiger partial charge in [-0.15, -0.1) is 0 Å². The van der Waals surface area contributed by atoms with Gasteiger partial charge in [0.15, 0.2) is 0 Å². The quantitative estimate of drug-likeness (QED) is 0.909. The summed E-state index contributed by atoms with van der Waals surface area (Å²) in [5.74, 6) is 0.645. The first kappa shape index (κ1) is 15.4. The highest BCUT2D eigenvalue weighted by Gasteiger charge is 2.31. The molecule has 2 rings (SSSR count). The molecular weight excluding hydrogens is 305 g/mol. The molecule has 0 atom stereocenters. The highest BCUT2D eigenvalue weighted by molar-refractivity contribution is 6.30. The van der Waals surface area contributed by atoms with Crippen molar-refractivity contribution in [1.29, 1.82) is 0 Å².